The number of benzene rings is 1. The Morgan fingerprint density at radius 1 is 1.12 bits per heavy atom. The van der Waals surface area contributed by atoms with Gasteiger partial charge >= 0.3 is 0 Å². The Balaban J connectivity index is 1.73. The highest BCUT2D eigenvalue weighted by molar-refractivity contribution is 7.89. The van der Waals surface area contributed by atoms with E-state index in [0.29, 0.717) is 13.1 Å². The molecule has 0 spiro atoms. The smallest absolute Gasteiger partial charge is 0.289 e. The summed E-state index contributed by atoms with van der Waals surface area (Å²) in [4.78, 5) is 24.0. The van der Waals surface area contributed by atoms with E-state index in [1.165, 1.54) is 28.6 Å². The second-order valence-corrected chi connectivity index (χ2v) is 7.99. The van der Waals surface area contributed by atoms with Gasteiger partial charge in [0, 0.05) is 38.2 Å². The summed E-state index contributed by atoms with van der Waals surface area (Å²) in [5.74, 6) is 0.187. The summed E-state index contributed by atoms with van der Waals surface area (Å²) in [6, 6.07) is 5.34. The van der Waals surface area contributed by atoms with Crippen LogP contribution in [0.4, 0.5) is 5.69 Å². The van der Waals surface area contributed by atoms with Crippen LogP contribution in [-0.2, 0) is 14.8 Å². The van der Waals surface area contributed by atoms with Crippen molar-refractivity contribution in [3.05, 3.63) is 34.4 Å². The topological polar surface area (TPSA) is 101 Å². The lowest BCUT2D eigenvalue weighted by atomic mass is 9.84. The Kier molecular flexibility index (Phi) is 4.55. The number of nitrogens with zero attached hydrogens (tertiary/aromatic N) is 3. The highest BCUT2D eigenvalue weighted by Gasteiger charge is 2.36. The van der Waals surface area contributed by atoms with Gasteiger partial charge in [0.15, 0.2) is 4.90 Å². The molecule has 2 fully saturated rings. The molecule has 1 aromatic carbocycles. The molecule has 0 N–H and O–H groups in total. The summed E-state index contributed by atoms with van der Waals surface area (Å²) in [6.45, 7) is 0.976. The van der Waals surface area contributed by atoms with Crippen molar-refractivity contribution in [1.29, 1.82) is 0 Å². The standard InChI is InChI=1S/C15H19N3O5S/c19-15(12-4-3-5-12)16-8-10-17(11-9-16)24(22,23)14-7-2-1-6-13(14)18(20)21/h1-2,6-7,12H,3-5,8-11H2. The molecule has 0 aromatic heterocycles. The highest BCUT2D eigenvalue weighted by Crippen LogP contribution is 2.30. The number of carbonyl (C=O) groups is 1. The molecule has 1 aliphatic heterocycles. The first kappa shape index (κ1) is 16.8. The van der Waals surface area contributed by atoms with Gasteiger partial charge in [0.05, 0.1) is 4.92 Å². The van der Waals surface area contributed by atoms with Crippen LogP contribution in [-0.4, -0.2) is 54.6 Å². The molecule has 0 bridgehead atoms. The SMILES string of the molecule is O=C(C1CCC1)N1CCN(S(=O)(=O)c2ccccc2[N+](=O)[O-])CC1. The molecule has 1 aliphatic carbocycles. The molecule has 0 radical (unpaired) electrons. The zero-order chi connectivity index (χ0) is 17.3. The molecule has 2 aliphatic rings. The van der Waals surface area contributed by atoms with Crippen LogP contribution in [0.25, 0.3) is 0 Å². The predicted octanol–water partition coefficient (Wildman–Crippen LogP) is 1.23. The van der Waals surface area contributed by atoms with Crippen LogP contribution in [0.2, 0.25) is 0 Å². The van der Waals surface area contributed by atoms with Crippen LogP contribution in [0.15, 0.2) is 29.2 Å². The zero-order valence-corrected chi connectivity index (χ0v) is 13.9. The molecular weight excluding hydrogens is 334 g/mol. The van der Waals surface area contributed by atoms with Crippen molar-refractivity contribution in [2.75, 3.05) is 26.2 Å². The van der Waals surface area contributed by atoms with E-state index in [2.05, 4.69) is 0 Å². The number of amides is 1. The minimum atomic E-state index is -3.94. The first-order valence-electron chi connectivity index (χ1n) is 7.93. The van der Waals surface area contributed by atoms with E-state index in [9.17, 15) is 23.3 Å². The Morgan fingerprint density at radius 2 is 1.75 bits per heavy atom. The average molecular weight is 353 g/mol. The minimum absolute atomic E-state index is 0.0865. The lowest BCUT2D eigenvalue weighted by molar-refractivity contribution is -0.387. The Bertz CT molecular complexity index is 752. The van der Waals surface area contributed by atoms with Gasteiger partial charge in [-0.1, -0.05) is 18.6 Å². The maximum Gasteiger partial charge on any atom is 0.289 e. The van der Waals surface area contributed by atoms with Crippen molar-refractivity contribution in [3.63, 3.8) is 0 Å². The van der Waals surface area contributed by atoms with Gasteiger partial charge < -0.3 is 4.90 Å². The number of hydrogen-bond donors (Lipinski definition) is 0. The fraction of sp³-hybridized carbons (Fsp3) is 0.533. The van der Waals surface area contributed by atoms with E-state index >= 15 is 0 Å². The second-order valence-electron chi connectivity index (χ2n) is 6.08. The van der Waals surface area contributed by atoms with Crippen LogP contribution in [0.3, 0.4) is 0 Å². The number of sulfonamides is 1. The minimum Gasteiger partial charge on any atom is -0.340 e. The first-order chi connectivity index (χ1) is 11.4. The normalized spacial score (nSPS) is 19.8. The molecule has 9 heteroatoms. The van der Waals surface area contributed by atoms with Crippen LogP contribution >= 0.6 is 0 Å². The summed E-state index contributed by atoms with van der Waals surface area (Å²) in [7, 11) is -3.94. The molecule has 0 unspecified atom stereocenters. The quantitative estimate of drug-likeness (QED) is 0.598. The largest absolute Gasteiger partial charge is 0.340 e. The molecule has 1 aromatic rings. The van der Waals surface area contributed by atoms with Crippen LogP contribution in [0, 0.1) is 16.0 Å². The van der Waals surface area contributed by atoms with Gasteiger partial charge in [-0.15, -0.1) is 0 Å². The molecule has 1 heterocycles. The average Bonchev–Trinajstić information content (AvgIpc) is 2.53. The number of rotatable bonds is 4. The van der Waals surface area contributed by atoms with Crippen molar-refractivity contribution < 1.29 is 18.1 Å². The van der Waals surface area contributed by atoms with Crippen molar-refractivity contribution >= 4 is 21.6 Å². The predicted molar refractivity (Wildman–Crippen MR) is 85.8 cm³/mol. The van der Waals surface area contributed by atoms with Crippen LogP contribution in [0.5, 0.6) is 0 Å². The molecule has 3 rings (SSSR count). The number of nitro benzene ring substituents is 1. The maximum absolute atomic E-state index is 12.7. The number of nitro groups is 1. The Labute approximate surface area is 140 Å². The zero-order valence-electron chi connectivity index (χ0n) is 13.1. The van der Waals surface area contributed by atoms with Crippen molar-refractivity contribution in [2.45, 2.75) is 24.2 Å². The summed E-state index contributed by atoms with van der Waals surface area (Å²) in [5.41, 5.74) is -0.425. The second kappa shape index (κ2) is 6.48. The Hall–Kier alpha value is -2.00. The van der Waals surface area contributed by atoms with Crippen molar-refractivity contribution in [2.24, 2.45) is 5.92 Å². The first-order valence-corrected chi connectivity index (χ1v) is 9.37. The monoisotopic (exact) mass is 353 g/mol. The summed E-state index contributed by atoms with van der Waals surface area (Å²) in [6.07, 6.45) is 2.89. The third-order valence-electron chi connectivity index (χ3n) is 4.68. The van der Waals surface area contributed by atoms with Crippen LogP contribution < -0.4 is 0 Å². The lowest BCUT2D eigenvalue weighted by Gasteiger charge is -2.37. The molecule has 1 saturated heterocycles. The van der Waals surface area contributed by atoms with E-state index < -0.39 is 20.6 Å². The third kappa shape index (κ3) is 3.01. The van der Waals surface area contributed by atoms with E-state index in [-0.39, 0.29) is 29.8 Å². The fourth-order valence-electron chi connectivity index (χ4n) is 3.03. The van der Waals surface area contributed by atoms with Crippen molar-refractivity contribution in [3.8, 4) is 0 Å². The number of hydrogen-bond acceptors (Lipinski definition) is 5. The molecule has 130 valence electrons. The number of carbonyl (C=O) groups excluding carboxylic acids is 1. The maximum atomic E-state index is 12.7. The van der Waals surface area contributed by atoms with Gasteiger partial charge in [-0.25, -0.2) is 8.42 Å². The van der Waals surface area contributed by atoms with Gasteiger partial charge in [-0.3, -0.25) is 14.9 Å². The van der Waals surface area contributed by atoms with Gasteiger partial charge in [-0.2, -0.15) is 4.31 Å². The summed E-state index contributed by atoms with van der Waals surface area (Å²) in [5, 5.41) is 11.1. The molecular formula is C15H19N3O5S. The van der Waals surface area contributed by atoms with Crippen molar-refractivity contribution in [1.82, 2.24) is 9.21 Å². The molecule has 24 heavy (non-hydrogen) atoms. The van der Waals surface area contributed by atoms with Gasteiger partial charge in [-0.05, 0) is 18.9 Å². The molecule has 8 nitrogen and oxygen atoms in total. The number of piperazine rings is 1. The van der Waals surface area contributed by atoms with Gasteiger partial charge in [0.25, 0.3) is 5.69 Å². The summed E-state index contributed by atoms with van der Waals surface area (Å²) < 4.78 is 26.6. The Morgan fingerprint density at radius 3 is 2.29 bits per heavy atom. The van der Waals surface area contributed by atoms with E-state index in [1.807, 2.05) is 0 Å². The molecule has 1 saturated carbocycles. The van der Waals surface area contributed by atoms with Crippen LogP contribution in [0.1, 0.15) is 19.3 Å². The molecule has 0 atom stereocenters. The van der Waals surface area contributed by atoms with E-state index in [0.717, 1.165) is 19.3 Å². The van der Waals surface area contributed by atoms with Gasteiger partial charge in [0.2, 0.25) is 15.9 Å². The molecule has 1 amide bonds. The summed E-state index contributed by atoms with van der Waals surface area (Å²) >= 11 is 0. The highest BCUT2D eigenvalue weighted by atomic mass is 32.2. The third-order valence-corrected chi connectivity index (χ3v) is 6.63. The van der Waals surface area contributed by atoms with E-state index in [4.69, 9.17) is 0 Å². The van der Waals surface area contributed by atoms with Gasteiger partial charge in [0.1, 0.15) is 0 Å². The number of para-hydroxylation sites is 1. The van der Waals surface area contributed by atoms with E-state index in [1.54, 1.807) is 4.90 Å². The lowest BCUT2D eigenvalue weighted by Crippen LogP contribution is -2.52. The fourth-order valence-corrected chi connectivity index (χ4v) is 4.61.